The molecule has 0 aliphatic carbocycles. The Morgan fingerprint density at radius 1 is 0.902 bits per heavy atom. The van der Waals surface area contributed by atoms with Crippen molar-refractivity contribution in [2.45, 2.75) is 13.3 Å². The molecule has 1 fully saturated rings. The Labute approximate surface area is 238 Å². The SMILES string of the molecule is Cc1cccc(C(=O)N2CCc3c(-c4cn(C)c(=O)c(Nc5ccc(C(=O)N6CCOCC6)cc5)n4)cccc32)c1. The first kappa shape index (κ1) is 26.5. The zero-order chi connectivity index (χ0) is 28.5. The Kier molecular flexibility index (Phi) is 7.11. The highest BCUT2D eigenvalue weighted by Crippen LogP contribution is 2.36. The molecule has 6 rings (SSSR count). The number of amides is 2. The molecule has 1 saturated heterocycles. The fourth-order valence-corrected chi connectivity index (χ4v) is 5.42. The van der Waals surface area contributed by atoms with Crippen LogP contribution in [0.15, 0.2) is 77.7 Å². The Morgan fingerprint density at radius 2 is 1.66 bits per heavy atom. The highest BCUT2D eigenvalue weighted by Gasteiger charge is 2.28. The standard InChI is InChI=1S/C32H31N5O4/c1-21-5-3-6-23(19-21)31(39)37-14-13-26-25(7-4-8-28(26)37)27-20-35(2)32(40)29(34-27)33-24-11-9-22(10-12-24)30(38)36-15-17-41-18-16-36/h3-12,19-20H,13-18H2,1-2H3,(H,33,34). The van der Waals surface area contributed by atoms with E-state index in [1.807, 2.05) is 54.3 Å². The van der Waals surface area contributed by atoms with Crippen molar-refractivity contribution in [3.05, 3.63) is 106 Å². The molecule has 0 unspecified atom stereocenters. The number of hydrogen-bond acceptors (Lipinski definition) is 6. The van der Waals surface area contributed by atoms with E-state index < -0.39 is 0 Å². The van der Waals surface area contributed by atoms with Gasteiger partial charge in [0.25, 0.3) is 17.4 Å². The second-order valence-corrected chi connectivity index (χ2v) is 10.4. The number of fused-ring (bicyclic) bond motifs is 1. The Morgan fingerprint density at radius 3 is 2.41 bits per heavy atom. The average molecular weight is 550 g/mol. The monoisotopic (exact) mass is 549 g/mol. The van der Waals surface area contributed by atoms with Crippen LogP contribution in [0.2, 0.25) is 0 Å². The van der Waals surface area contributed by atoms with Gasteiger partial charge in [-0.1, -0.05) is 29.8 Å². The van der Waals surface area contributed by atoms with Crippen molar-refractivity contribution in [2.24, 2.45) is 7.05 Å². The van der Waals surface area contributed by atoms with Gasteiger partial charge < -0.3 is 24.4 Å². The van der Waals surface area contributed by atoms with Crippen LogP contribution in [0.5, 0.6) is 0 Å². The van der Waals surface area contributed by atoms with Gasteiger partial charge in [0.15, 0.2) is 5.82 Å². The van der Waals surface area contributed by atoms with Crippen LogP contribution in [0.1, 0.15) is 31.8 Å². The third kappa shape index (κ3) is 5.24. The summed E-state index contributed by atoms with van der Waals surface area (Å²) in [6.45, 7) is 4.79. The Balaban J connectivity index is 1.26. The van der Waals surface area contributed by atoms with Crippen molar-refractivity contribution in [1.29, 1.82) is 0 Å². The van der Waals surface area contributed by atoms with Crippen LogP contribution in [0, 0.1) is 6.92 Å². The van der Waals surface area contributed by atoms with Gasteiger partial charge in [0.1, 0.15) is 0 Å². The van der Waals surface area contributed by atoms with Crippen LogP contribution in [0.4, 0.5) is 17.2 Å². The minimum atomic E-state index is -0.272. The first-order valence-electron chi connectivity index (χ1n) is 13.7. The fraction of sp³-hybridized carbons (Fsp3) is 0.250. The molecule has 2 amide bonds. The van der Waals surface area contributed by atoms with E-state index in [4.69, 9.17) is 9.72 Å². The zero-order valence-electron chi connectivity index (χ0n) is 23.1. The zero-order valence-corrected chi connectivity index (χ0v) is 23.1. The van der Waals surface area contributed by atoms with E-state index in [9.17, 15) is 14.4 Å². The smallest absolute Gasteiger partial charge is 0.293 e. The van der Waals surface area contributed by atoms with Crippen molar-refractivity contribution < 1.29 is 14.3 Å². The van der Waals surface area contributed by atoms with Crippen LogP contribution in [-0.4, -0.2) is 59.1 Å². The van der Waals surface area contributed by atoms with Crippen LogP contribution >= 0.6 is 0 Å². The number of nitrogens with zero attached hydrogens (tertiary/aromatic N) is 4. The lowest BCUT2D eigenvalue weighted by molar-refractivity contribution is 0.0303. The molecule has 9 nitrogen and oxygen atoms in total. The van der Waals surface area contributed by atoms with E-state index in [0.29, 0.717) is 61.8 Å². The van der Waals surface area contributed by atoms with Crippen molar-refractivity contribution in [3.63, 3.8) is 0 Å². The molecule has 4 aromatic rings. The van der Waals surface area contributed by atoms with Crippen LogP contribution in [0.25, 0.3) is 11.3 Å². The van der Waals surface area contributed by atoms with Crippen molar-refractivity contribution in [1.82, 2.24) is 14.5 Å². The molecule has 208 valence electrons. The topological polar surface area (TPSA) is 96.8 Å². The number of hydrogen-bond donors (Lipinski definition) is 1. The molecule has 0 bridgehead atoms. The number of rotatable bonds is 5. The molecular weight excluding hydrogens is 518 g/mol. The number of aryl methyl sites for hydroxylation is 2. The highest BCUT2D eigenvalue weighted by molar-refractivity contribution is 6.08. The van der Waals surface area contributed by atoms with Crippen LogP contribution < -0.4 is 15.8 Å². The third-order valence-corrected chi connectivity index (χ3v) is 7.58. The van der Waals surface area contributed by atoms with Gasteiger partial charge in [-0.25, -0.2) is 4.98 Å². The highest BCUT2D eigenvalue weighted by atomic mass is 16.5. The number of carbonyl (C=O) groups is 2. The molecule has 2 aliphatic rings. The lowest BCUT2D eigenvalue weighted by atomic mass is 10.0. The summed E-state index contributed by atoms with van der Waals surface area (Å²) in [5, 5.41) is 3.14. The van der Waals surface area contributed by atoms with Gasteiger partial charge in [-0.05, 0) is 61.4 Å². The third-order valence-electron chi connectivity index (χ3n) is 7.58. The summed E-state index contributed by atoms with van der Waals surface area (Å²) in [7, 11) is 1.69. The van der Waals surface area contributed by atoms with Crippen LogP contribution in [0.3, 0.4) is 0 Å². The van der Waals surface area contributed by atoms with E-state index in [1.54, 1.807) is 42.4 Å². The summed E-state index contributed by atoms with van der Waals surface area (Å²) >= 11 is 0. The number of benzene rings is 3. The molecule has 1 aromatic heterocycles. The summed E-state index contributed by atoms with van der Waals surface area (Å²) in [6.07, 6.45) is 2.41. The van der Waals surface area contributed by atoms with Gasteiger partial charge in [0.2, 0.25) is 0 Å². The minimum Gasteiger partial charge on any atom is -0.378 e. The molecule has 0 atom stereocenters. The van der Waals surface area contributed by atoms with E-state index in [1.165, 1.54) is 4.57 Å². The number of morpholine rings is 1. The normalized spacial score (nSPS) is 14.6. The van der Waals surface area contributed by atoms with Gasteiger partial charge in [0, 0.05) is 60.9 Å². The Bertz CT molecular complexity index is 1690. The molecule has 2 aliphatic heterocycles. The summed E-state index contributed by atoms with van der Waals surface area (Å²) in [5.41, 5.74) is 6.06. The lowest BCUT2D eigenvalue weighted by Gasteiger charge is -2.26. The van der Waals surface area contributed by atoms with Crippen molar-refractivity contribution in [2.75, 3.05) is 43.1 Å². The fourth-order valence-electron chi connectivity index (χ4n) is 5.42. The Hall–Kier alpha value is -4.76. The first-order chi connectivity index (χ1) is 19.9. The van der Waals surface area contributed by atoms with E-state index >= 15 is 0 Å². The van der Waals surface area contributed by atoms with Crippen LogP contribution in [-0.2, 0) is 18.2 Å². The lowest BCUT2D eigenvalue weighted by Crippen LogP contribution is -2.40. The van der Waals surface area contributed by atoms with Gasteiger partial charge in [0.05, 0.1) is 18.9 Å². The number of ether oxygens (including phenoxy) is 1. The summed E-state index contributed by atoms with van der Waals surface area (Å²) in [5.74, 6) is 0.111. The number of carbonyl (C=O) groups excluding carboxylic acids is 2. The largest absolute Gasteiger partial charge is 0.378 e. The predicted molar refractivity (Wildman–Crippen MR) is 158 cm³/mol. The molecule has 0 saturated carbocycles. The van der Waals surface area contributed by atoms with Crippen molar-refractivity contribution in [3.8, 4) is 11.3 Å². The molecule has 41 heavy (non-hydrogen) atoms. The van der Waals surface area contributed by atoms with Gasteiger partial charge in [-0.15, -0.1) is 0 Å². The molecule has 9 heteroatoms. The molecule has 3 heterocycles. The van der Waals surface area contributed by atoms with Gasteiger partial charge in [-0.3, -0.25) is 14.4 Å². The molecule has 0 spiro atoms. The molecule has 0 radical (unpaired) electrons. The second-order valence-electron chi connectivity index (χ2n) is 10.4. The first-order valence-corrected chi connectivity index (χ1v) is 13.7. The second kappa shape index (κ2) is 11.0. The maximum atomic E-state index is 13.3. The maximum Gasteiger partial charge on any atom is 0.293 e. The predicted octanol–water partition coefficient (Wildman–Crippen LogP) is 4.17. The minimum absolute atomic E-state index is 0.0316. The van der Waals surface area contributed by atoms with Gasteiger partial charge >= 0.3 is 0 Å². The maximum absolute atomic E-state index is 13.3. The van der Waals surface area contributed by atoms with Gasteiger partial charge in [-0.2, -0.15) is 0 Å². The van der Waals surface area contributed by atoms with Crippen molar-refractivity contribution >= 4 is 29.0 Å². The van der Waals surface area contributed by atoms with E-state index in [2.05, 4.69) is 5.32 Å². The van der Waals surface area contributed by atoms with E-state index in [0.717, 1.165) is 22.4 Å². The molecule has 1 N–H and O–H groups in total. The summed E-state index contributed by atoms with van der Waals surface area (Å²) in [6, 6.07) is 20.5. The summed E-state index contributed by atoms with van der Waals surface area (Å²) < 4.78 is 6.84. The van der Waals surface area contributed by atoms with E-state index in [-0.39, 0.29) is 23.2 Å². The number of nitrogens with one attached hydrogen (secondary N) is 1. The molecular formula is C32H31N5O4. The molecule has 3 aromatic carbocycles. The average Bonchev–Trinajstić information content (AvgIpc) is 3.44. The number of anilines is 3. The summed E-state index contributed by atoms with van der Waals surface area (Å²) in [4.78, 5) is 47.4. The number of aromatic nitrogens is 2. The quantitative estimate of drug-likeness (QED) is 0.401.